The molecule has 0 bridgehead atoms. The summed E-state index contributed by atoms with van der Waals surface area (Å²) < 4.78 is 27.9. The highest BCUT2D eigenvalue weighted by Crippen LogP contribution is 2.32. The predicted molar refractivity (Wildman–Crippen MR) is 84.0 cm³/mol. The molecule has 2 atom stereocenters. The summed E-state index contributed by atoms with van der Waals surface area (Å²) in [5, 5.41) is 0. The van der Waals surface area contributed by atoms with Gasteiger partial charge in [0.25, 0.3) is 0 Å². The molecule has 20 heavy (non-hydrogen) atoms. The summed E-state index contributed by atoms with van der Waals surface area (Å²) >= 11 is 3.40. The lowest BCUT2D eigenvalue weighted by molar-refractivity contribution is 0.304. The van der Waals surface area contributed by atoms with Crippen LogP contribution in [0, 0.1) is 12.8 Å². The minimum Gasteiger partial charge on any atom is -0.330 e. The summed E-state index contributed by atoms with van der Waals surface area (Å²) in [5.41, 5.74) is 6.68. The maximum absolute atomic E-state index is 12.7. The number of sulfonamides is 1. The van der Waals surface area contributed by atoms with Crippen LogP contribution in [0.3, 0.4) is 0 Å². The number of aryl methyl sites for hydroxylation is 1. The lowest BCUT2D eigenvalue weighted by atomic mass is 10.0. The van der Waals surface area contributed by atoms with Crippen LogP contribution in [0.5, 0.6) is 0 Å². The predicted octanol–water partition coefficient (Wildman–Crippen LogP) is 2.51. The average molecular weight is 361 g/mol. The largest absolute Gasteiger partial charge is 0.330 e. The van der Waals surface area contributed by atoms with Gasteiger partial charge in [0, 0.05) is 17.6 Å². The SMILES string of the molecule is Cc1cc(S(=O)(=O)N(C)C2CCCC2CN)ccc1Br. The molecule has 6 heteroatoms. The molecule has 0 amide bonds. The van der Waals surface area contributed by atoms with Crippen molar-refractivity contribution in [2.24, 2.45) is 11.7 Å². The monoisotopic (exact) mass is 360 g/mol. The van der Waals surface area contributed by atoms with Crippen molar-refractivity contribution in [3.8, 4) is 0 Å². The van der Waals surface area contributed by atoms with Gasteiger partial charge in [-0.3, -0.25) is 0 Å². The maximum Gasteiger partial charge on any atom is 0.243 e. The van der Waals surface area contributed by atoms with Crippen LogP contribution in [0.1, 0.15) is 24.8 Å². The molecule has 1 aromatic rings. The van der Waals surface area contributed by atoms with Gasteiger partial charge >= 0.3 is 0 Å². The number of halogens is 1. The molecule has 112 valence electrons. The zero-order chi connectivity index (χ0) is 14.9. The fourth-order valence-electron chi connectivity index (χ4n) is 2.89. The van der Waals surface area contributed by atoms with Gasteiger partial charge < -0.3 is 5.73 Å². The van der Waals surface area contributed by atoms with Gasteiger partial charge in [0.15, 0.2) is 0 Å². The van der Waals surface area contributed by atoms with E-state index in [1.54, 1.807) is 25.2 Å². The average Bonchev–Trinajstić information content (AvgIpc) is 2.88. The molecule has 0 saturated heterocycles. The zero-order valence-corrected chi connectivity index (χ0v) is 14.2. The number of rotatable bonds is 4. The van der Waals surface area contributed by atoms with Gasteiger partial charge in [-0.15, -0.1) is 0 Å². The van der Waals surface area contributed by atoms with Crippen LogP contribution in [0.25, 0.3) is 0 Å². The van der Waals surface area contributed by atoms with Gasteiger partial charge in [-0.05, 0) is 56.0 Å². The van der Waals surface area contributed by atoms with Gasteiger partial charge in [0.05, 0.1) is 4.90 Å². The molecule has 0 aliphatic heterocycles. The molecule has 0 spiro atoms. The van der Waals surface area contributed by atoms with E-state index in [1.807, 2.05) is 6.92 Å². The van der Waals surface area contributed by atoms with Gasteiger partial charge in [0.1, 0.15) is 0 Å². The quantitative estimate of drug-likeness (QED) is 0.896. The second-order valence-corrected chi connectivity index (χ2v) is 8.28. The van der Waals surface area contributed by atoms with Crippen LogP contribution in [0.2, 0.25) is 0 Å². The molecule has 2 N–H and O–H groups in total. The van der Waals surface area contributed by atoms with Crippen molar-refractivity contribution in [1.82, 2.24) is 4.31 Å². The van der Waals surface area contributed by atoms with E-state index in [1.165, 1.54) is 4.31 Å². The Bertz CT molecular complexity index is 589. The highest BCUT2D eigenvalue weighted by Gasteiger charge is 2.35. The van der Waals surface area contributed by atoms with E-state index in [4.69, 9.17) is 5.73 Å². The molecule has 1 aromatic carbocycles. The number of nitrogens with two attached hydrogens (primary N) is 1. The van der Waals surface area contributed by atoms with Crippen LogP contribution in [0.15, 0.2) is 27.6 Å². The van der Waals surface area contributed by atoms with Crippen molar-refractivity contribution >= 4 is 26.0 Å². The highest BCUT2D eigenvalue weighted by atomic mass is 79.9. The lowest BCUT2D eigenvalue weighted by Crippen LogP contribution is -2.41. The molecular formula is C14H21BrN2O2S. The number of nitrogens with zero attached hydrogens (tertiary/aromatic N) is 1. The summed E-state index contributed by atoms with van der Waals surface area (Å²) in [6, 6.07) is 5.16. The van der Waals surface area contributed by atoms with Crippen molar-refractivity contribution in [3.63, 3.8) is 0 Å². The summed E-state index contributed by atoms with van der Waals surface area (Å²) in [6.07, 6.45) is 2.96. The zero-order valence-electron chi connectivity index (χ0n) is 11.8. The highest BCUT2D eigenvalue weighted by molar-refractivity contribution is 9.10. The first kappa shape index (κ1) is 15.9. The van der Waals surface area contributed by atoms with Gasteiger partial charge in [-0.1, -0.05) is 22.4 Å². The molecule has 2 rings (SSSR count). The Labute approximate surface area is 129 Å². The Morgan fingerprint density at radius 2 is 2.10 bits per heavy atom. The van der Waals surface area contributed by atoms with Crippen molar-refractivity contribution < 1.29 is 8.42 Å². The Hall–Kier alpha value is -0.430. The fourth-order valence-corrected chi connectivity index (χ4v) is 4.67. The first-order valence-corrected chi connectivity index (χ1v) is 9.05. The van der Waals surface area contributed by atoms with Crippen molar-refractivity contribution in [3.05, 3.63) is 28.2 Å². The number of hydrogen-bond donors (Lipinski definition) is 1. The second-order valence-electron chi connectivity index (χ2n) is 5.43. The molecule has 2 unspecified atom stereocenters. The Morgan fingerprint density at radius 1 is 1.40 bits per heavy atom. The van der Waals surface area contributed by atoms with E-state index in [0.29, 0.717) is 11.4 Å². The van der Waals surface area contributed by atoms with Crippen LogP contribution >= 0.6 is 15.9 Å². The van der Waals surface area contributed by atoms with Crippen LogP contribution in [0.4, 0.5) is 0 Å². The van der Waals surface area contributed by atoms with Gasteiger partial charge in [0.2, 0.25) is 10.0 Å². The standard InChI is InChI=1S/C14H21BrN2O2S/c1-10-8-12(6-7-13(10)15)20(18,19)17(2)14-5-3-4-11(14)9-16/h6-8,11,14H,3-5,9,16H2,1-2H3. The van der Waals surface area contributed by atoms with E-state index < -0.39 is 10.0 Å². The lowest BCUT2D eigenvalue weighted by Gasteiger charge is -2.28. The third-order valence-electron chi connectivity index (χ3n) is 4.20. The fraction of sp³-hybridized carbons (Fsp3) is 0.571. The first-order chi connectivity index (χ1) is 9.37. The van der Waals surface area contributed by atoms with Crippen LogP contribution in [-0.2, 0) is 10.0 Å². The molecule has 4 nitrogen and oxygen atoms in total. The Morgan fingerprint density at radius 3 is 2.70 bits per heavy atom. The smallest absolute Gasteiger partial charge is 0.243 e. The summed E-state index contributed by atoms with van der Waals surface area (Å²) in [7, 11) is -1.78. The summed E-state index contributed by atoms with van der Waals surface area (Å²) in [5.74, 6) is 0.270. The minimum absolute atomic E-state index is 0.0222. The summed E-state index contributed by atoms with van der Waals surface area (Å²) in [4.78, 5) is 0.350. The molecule has 1 fully saturated rings. The van der Waals surface area contributed by atoms with Crippen molar-refractivity contribution in [1.29, 1.82) is 0 Å². The molecule has 1 aliphatic rings. The molecule has 0 radical (unpaired) electrons. The van der Waals surface area contributed by atoms with Gasteiger partial charge in [-0.25, -0.2) is 8.42 Å². The van der Waals surface area contributed by atoms with E-state index in [-0.39, 0.29) is 12.0 Å². The van der Waals surface area contributed by atoms with E-state index in [9.17, 15) is 8.42 Å². The third-order valence-corrected chi connectivity index (χ3v) is 6.96. The first-order valence-electron chi connectivity index (χ1n) is 6.82. The minimum atomic E-state index is -3.45. The third kappa shape index (κ3) is 2.93. The van der Waals surface area contributed by atoms with Crippen LogP contribution in [-0.4, -0.2) is 32.4 Å². The van der Waals surface area contributed by atoms with Crippen LogP contribution < -0.4 is 5.73 Å². The maximum atomic E-state index is 12.7. The normalized spacial score (nSPS) is 23.4. The topological polar surface area (TPSA) is 63.4 Å². The summed E-state index contributed by atoms with van der Waals surface area (Å²) in [6.45, 7) is 2.44. The number of hydrogen-bond acceptors (Lipinski definition) is 3. The van der Waals surface area contributed by atoms with E-state index in [2.05, 4.69) is 15.9 Å². The van der Waals surface area contributed by atoms with Crippen molar-refractivity contribution in [2.75, 3.05) is 13.6 Å². The second kappa shape index (κ2) is 6.13. The van der Waals surface area contributed by atoms with E-state index >= 15 is 0 Å². The number of benzene rings is 1. The molecular weight excluding hydrogens is 340 g/mol. The Balaban J connectivity index is 2.31. The molecule has 1 aliphatic carbocycles. The Kier molecular flexibility index (Phi) is 4.89. The van der Waals surface area contributed by atoms with Gasteiger partial charge in [-0.2, -0.15) is 4.31 Å². The van der Waals surface area contributed by atoms with E-state index in [0.717, 1.165) is 29.3 Å². The molecule has 0 aromatic heterocycles. The molecule has 0 heterocycles. The molecule has 1 saturated carbocycles. The van der Waals surface area contributed by atoms with Crippen molar-refractivity contribution in [2.45, 2.75) is 37.1 Å².